The summed E-state index contributed by atoms with van der Waals surface area (Å²) in [4.78, 5) is 28.7. The lowest BCUT2D eigenvalue weighted by Gasteiger charge is -2.37. The van der Waals surface area contributed by atoms with Crippen LogP contribution in [0.2, 0.25) is 0 Å². The molecule has 0 spiro atoms. The normalized spacial score (nSPS) is 15.2. The summed E-state index contributed by atoms with van der Waals surface area (Å²) >= 11 is 5.24. The summed E-state index contributed by atoms with van der Waals surface area (Å²) in [5, 5.41) is 17.0. The van der Waals surface area contributed by atoms with Crippen LogP contribution in [0.25, 0.3) is 0 Å². The summed E-state index contributed by atoms with van der Waals surface area (Å²) in [6.07, 6.45) is 0. The number of nitrogens with zero attached hydrogens (tertiary/aromatic N) is 4. The molecule has 0 unspecified atom stereocenters. The highest BCUT2D eigenvalue weighted by atomic mass is 32.1. The molecular formula is C28H25F5N6O4S. The molecular weight excluding hydrogens is 611 g/mol. The predicted molar refractivity (Wildman–Crippen MR) is 157 cm³/mol. The van der Waals surface area contributed by atoms with Gasteiger partial charge in [0, 0.05) is 62.3 Å². The van der Waals surface area contributed by atoms with Gasteiger partial charge in [0.05, 0.1) is 18.1 Å². The number of rotatable bonds is 6. The van der Waals surface area contributed by atoms with Crippen LogP contribution < -0.4 is 25.3 Å². The average Bonchev–Trinajstić information content (AvgIpc) is 3.03. The van der Waals surface area contributed by atoms with Gasteiger partial charge in [-0.05, 0) is 48.6 Å². The van der Waals surface area contributed by atoms with Crippen LogP contribution in [0.15, 0.2) is 42.5 Å². The maximum atomic E-state index is 14.2. The Kier molecular flexibility index (Phi) is 9.10. The number of hydrogen-bond acceptors (Lipinski definition) is 8. The quantitative estimate of drug-likeness (QED) is 0.101. The zero-order chi connectivity index (χ0) is 31.5. The number of thiocarbonyl (C=S) groups is 1. The van der Waals surface area contributed by atoms with Crippen molar-refractivity contribution >= 4 is 51.7 Å². The minimum absolute atomic E-state index is 0.0139. The number of morpholine rings is 1. The molecule has 2 N–H and O–H groups in total. The maximum absolute atomic E-state index is 14.2. The molecule has 2 aliphatic heterocycles. The van der Waals surface area contributed by atoms with E-state index in [-0.39, 0.29) is 42.5 Å². The molecule has 2 fully saturated rings. The van der Waals surface area contributed by atoms with Gasteiger partial charge >= 0.3 is 0 Å². The topological polar surface area (TPSA) is 103 Å². The molecule has 3 aromatic carbocycles. The van der Waals surface area contributed by atoms with Crippen LogP contribution >= 0.6 is 12.2 Å². The van der Waals surface area contributed by atoms with Crippen molar-refractivity contribution in [1.82, 2.24) is 5.32 Å². The lowest BCUT2D eigenvalue weighted by molar-refractivity contribution is -0.384. The lowest BCUT2D eigenvalue weighted by Crippen LogP contribution is -2.47. The first kappa shape index (κ1) is 30.9. The zero-order valence-corrected chi connectivity index (χ0v) is 23.7. The number of benzene rings is 3. The molecule has 0 saturated carbocycles. The number of carbonyl (C=O) groups is 1. The van der Waals surface area contributed by atoms with Crippen molar-refractivity contribution in [2.24, 2.45) is 0 Å². The van der Waals surface area contributed by atoms with Gasteiger partial charge in [0.2, 0.25) is 5.82 Å². The van der Waals surface area contributed by atoms with Gasteiger partial charge in [0.1, 0.15) is 11.4 Å². The van der Waals surface area contributed by atoms with Crippen LogP contribution in [0.5, 0.6) is 0 Å². The van der Waals surface area contributed by atoms with Crippen LogP contribution in [0.4, 0.5) is 50.4 Å². The van der Waals surface area contributed by atoms with Gasteiger partial charge in [-0.3, -0.25) is 20.2 Å². The molecule has 2 heterocycles. The van der Waals surface area contributed by atoms with E-state index in [4.69, 9.17) is 17.0 Å². The Morgan fingerprint density at radius 3 is 1.95 bits per heavy atom. The number of hydrogen-bond donors (Lipinski definition) is 2. The van der Waals surface area contributed by atoms with Crippen LogP contribution in [-0.2, 0) is 4.74 Å². The second-order valence-corrected chi connectivity index (χ2v) is 10.3. The highest BCUT2D eigenvalue weighted by Crippen LogP contribution is 2.32. The Morgan fingerprint density at radius 1 is 0.795 bits per heavy atom. The predicted octanol–water partition coefficient (Wildman–Crippen LogP) is 4.58. The van der Waals surface area contributed by atoms with Crippen LogP contribution in [0.3, 0.4) is 0 Å². The largest absolute Gasteiger partial charge is 0.378 e. The molecule has 2 saturated heterocycles. The second kappa shape index (κ2) is 13.0. The monoisotopic (exact) mass is 636 g/mol. The molecule has 0 aliphatic carbocycles. The van der Waals surface area contributed by atoms with Gasteiger partial charge in [-0.1, -0.05) is 0 Å². The molecule has 2 aliphatic rings. The van der Waals surface area contributed by atoms with E-state index in [0.29, 0.717) is 37.7 Å². The Labute approximate surface area is 253 Å². The second-order valence-electron chi connectivity index (χ2n) is 9.91. The van der Waals surface area contributed by atoms with Crippen molar-refractivity contribution in [3.05, 3.63) is 87.2 Å². The molecule has 44 heavy (non-hydrogen) atoms. The number of halogens is 5. The van der Waals surface area contributed by atoms with E-state index in [1.807, 2.05) is 9.80 Å². The van der Waals surface area contributed by atoms with Gasteiger partial charge in [0.15, 0.2) is 28.4 Å². The van der Waals surface area contributed by atoms with E-state index in [9.17, 15) is 36.9 Å². The van der Waals surface area contributed by atoms with Gasteiger partial charge < -0.3 is 24.8 Å². The Bertz CT molecular complexity index is 1570. The van der Waals surface area contributed by atoms with Gasteiger partial charge in [-0.15, -0.1) is 0 Å². The van der Waals surface area contributed by atoms with E-state index >= 15 is 0 Å². The summed E-state index contributed by atoms with van der Waals surface area (Å²) in [6.45, 7) is 2.40. The van der Waals surface area contributed by atoms with Crippen molar-refractivity contribution in [2.45, 2.75) is 0 Å². The number of nitro groups is 1. The van der Waals surface area contributed by atoms with Crippen molar-refractivity contribution in [3.63, 3.8) is 0 Å². The van der Waals surface area contributed by atoms with Gasteiger partial charge in [-0.2, -0.15) is 0 Å². The third-order valence-electron chi connectivity index (χ3n) is 7.29. The first-order valence-electron chi connectivity index (χ1n) is 13.4. The van der Waals surface area contributed by atoms with Gasteiger partial charge in [0.25, 0.3) is 11.6 Å². The molecule has 5 rings (SSSR count). The summed E-state index contributed by atoms with van der Waals surface area (Å²) in [7, 11) is 0. The average molecular weight is 637 g/mol. The summed E-state index contributed by atoms with van der Waals surface area (Å²) in [6, 6.07) is 11.0. The number of amides is 1. The molecule has 0 radical (unpaired) electrons. The summed E-state index contributed by atoms with van der Waals surface area (Å²) in [5.74, 6) is -10.5. The lowest BCUT2D eigenvalue weighted by atomic mass is 10.1. The molecule has 3 aromatic rings. The molecule has 0 aromatic heterocycles. The fourth-order valence-corrected chi connectivity index (χ4v) is 5.25. The first-order valence-corrected chi connectivity index (χ1v) is 13.8. The van der Waals surface area contributed by atoms with Crippen molar-refractivity contribution in [3.8, 4) is 0 Å². The third kappa shape index (κ3) is 6.35. The Morgan fingerprint density at radius 2 is 1.36 bits per heavy atom. The molecule has 10 nitrogen and oxygen atoms in total. The highest BCUT2D eigenvalue weighted by molar-refractivity contribution is 7.80. The molecule has 232 valence electrons. The van der Waals surface area contributed by atoms with E-state index < -0.39 is 45.6 Å². The molecule has 16 heteroatoms. The van der Waals surface area contributed by atoms with Crippen molar-refractivity contribution in [2.75, 3.05) is 72.5 Å². The zero-order valence-electron chi connectivity index (χ0n) is 22.9. The minimum atomic E-state index is -2.20. The molecule has 0 atom stereocenters. The van der Waals surface area contributed by atoms with Crippen LogP contribution in [0, 0.1) is 39.2 Å². The Balaban J connectivity index is 1.17. The van der Waals surface area contributed by atoms with Gasteiger partial charge in [-0.25, -0.2) is 22.0 Å². The maximum Gasteiger partial charge on any atom is 0.293 e. The van der Waals surface area contributed by atoms with E-state index in [1.165, 1.54) is 18.2 Å². The fraction of sp³-hybridized carbons (Fsp3) is 0.286. The SMILES string of the molecule is O=C(NC(=S)Nc1ccc(N2CCN(c3c(F)c(F)c(F)c(F)c3F)CC2)cc1)c1ccc(N2CCOCC2)c([N+](=O)[O-])c1. The number of nitrogens with one attached hydrogen (secondary N) is 2. The third-order valence-corrected chi connectivity index (χ3v) is 7.49. The highest BCUT2D eigenvalue weighted by Gasteiger charge is 2.31. The molecule has 1 amide bonds. The van der Waals surface area contributed by atoms with Crippen LogP contribution in [0.1, 0.15) is 10.4 Å². The number of piperazine rings is 1. The van der Waals surface area contributed by atoms with E-state index in [0.717, 1.165) is 10.6 Å². The standard InChI is InChI=1S/C28H25F5N6O4S/c29-21-22(30)24(32)26(25(33)23(21)31)38-9-7-36(8-10-38)18-4-2-17(3-5-18)34-28(44)35-27(40)16-1-6-19(20(15-16)39(41)42)37-11-13-43-14-12-37/h1-6,15H,7-14H2,(H2,34,35,40,44). The minimum Gasteiger partial charge on any atom is -0.378 e. The molecule has 0 bridgehead atoms. The van der Waals surface area contributed by atoms with E-state index in [1.54, 1.807) is 24.3 Å². The summed E-state index contributed by atoms with van der Waals surface area (Å²) in [5.41, 5.74) is 0.553. The number of anilines is 4. The smallest absolute Gasteiger partial charge is 0.293 e. The summed E-state index contributed by atoms with van der Waals surface area (Å²) < 4.78 is 74.4. The fourth-order valence-electron chi connectivity index (χ4n) is 5.03. The van der Waals surface area contributed by atoms with Crippen molar-refractivity contribution < 1.29 is 36.4 Å². The van der Waals surface area contributed by atoms with Crippen molar-refractivity contribution in [1.29, 1.82) is 0 Å². The Hall–Kier alpha value is -4.57. The van der Waals surface area contributed by atoms with Crippen LogP contribution in [-0.4, -0.2) is 68.4 Å². The number of ether oxygens (including phenoxy) is 1. The number of carbonyl (C=O) groups excluding carboxylic acids is 1. The first-order chi connectivity index (χ1) is 21.0. The number of nitro benzene ring substituents is 1. The van der Waals surface area contributed by atoms with E-state index in [2.05, 4.69) is 10.6 Å².